The quantitative estimate of drug-likeness (QED) is 0.488. The Hall–Kier alpha value is -3.52. The standard InChI is InChI=1S/C22H18FN3O3S/c1-13-17(14(2)29-25-13)12-28-16-9-7-15(8-10-16)11-19-21(27)26(22(30)24-19)20-6-4-3-5-18(20)23/h3-11H,12H2,1-2H3,(H,24,30)/b19-11-. The summed E-state index contributed by atoms with van der Waals surface area (Å²) in [4.78, 5) is 13.9. The zero-order chi connectivity index (χ0) is 21.3. The van der Waals surface area contributed by atoms with E-state index in [-0.39, 0.29) is 16.5 Å². The summed E-state index contributed by atoms with van der Waals surface area (Å²) >= 11 is 5.22. The van der Waals surface area contributed by atoms with Crippen LogP contribution in [0.5, 0.6) is 5.75 Å². The second-order valence-electron chi connectivity index (χ2n) is 6.74. The number of para-hydroxylation sites is 1. The zero-order valence-corrected chi connectivity index (χ0v) is 17.1. The second-order valence-corrected chi connectivity index (χ2v) is 7.13. The number of nitrogens with one attached hydrogen (secondary N) is 1. The number of benzene rings is 2. The van der Waals surface area contributed by atoms with Crippen LogP contribution in [0.1, 0.15) is 22.6 Å². The minimum Gasteiger partial charge on any atom is -0.489 e. The maximum atomic E-state index is 14.1. The third kappa shape index (κ3) is 3.81. The van der Waals surface area contributed by atoms with E-state index in [0.29, 0.717) is 12.4 Å². The number of halogens is 1. The smallest absolute Gasteiger partial charge is 0.281 e. The molecule has 1 saturated heterocycles. The first kappa shape index (κ1) is 19.8. The van der Waals surface area contributed by atoms with Crippen LogP contribution in [0.4, 0.5) is 10.1 Å². The molecule has 1 aliphatic heterocycles. The van der Waals surface area contributed by atoms with Gasteiger partial charge in [-0.3, -0.25) is 4.79 Å². The Labute approximate surface area is 177 Å². The first-order valence-electron chi connectivity index (χ1n) is 9.20. The maximum Gasteiger partial charge on any atom is 0.281 e. The fraction of sp³-hybridized carbons (Fsp3) is 0.136. The average Bonchev–Trinajstić information content (AvgIpc) is 3.20. The molecule has 152 valence electrons. The highest BCUT2D eigenvalue weighted by molar-refractivity contribution is 7.80. The Morgan fingerprint density at radius 1 is 1.20 bits per heavy atom. The third-order valence-corrected chi connectivity index (χ3v) is 5.01. The molecule has 0 bridgehead atoms. The van der Waals surface area contributed by atoms with E-state index in [4.69, 9.17) is 21.5 Å². The highest BCUT2D eigenvalue weighted by atomic mass is 32.1. The van der Waals surface area contributed by atoms with Gasteiger partial charge < -0.3 is 14.6 Å². The topological polar surface area (TPSA) is 67.6 Å². The lowest BCUT2D eigenvalue weighted by Crippen LogP contribution is -2.31. The number of aryl methyl sites for hydroxylation is 2. The lowest BCUT2D eigenvalue weighted by atomic mass is 10.1. The van der Waals surface area contributed by atoms with E-state index in [2.05, 4.69) is 10.5 Å². The second kappa shape index (κ2) is 8.08. The Balaban J connectivity index is 1.48. The molecule has 0 aliphatic carbocycles. The van der Waals surface area contributed by atoms with Crippen molar-refractivity contribution in [1.29, 1.82) is 0 Å². The SMILES string of the molecule is Cc1noc(C)c1COc1ccc(/C=C2\NC(=S)N(c3ccccc3F)C2=O)cc1. The highest BCUT2D eigenvalue weighted by Gasteiger charge is 2.33. The molecule has 2 aromatic carbocycles. The largest absolute Gasteiger partial charge is 0.489 e. The number of thiocarbonyl (C=S) groups is 1. The number of carbonyl (C=O) groups is 1. The number of rotatable bonds is 5. The van der Waals surface area contributed by atoms with Crippen molar-refractivity contribution in [2.45, 2.75) is 20.5 Å². The number of nitrogens with zero attached hydrogens (tertiary/aromatic N) is 2. The minimum absolute atomic E-state index is 0.117. The minimum atomic E-state index is -0.518. The molecule has 0 atom stereocenters. The highest BCUT2D eigenvalue weighted by Crippen LogP contribution is 2.25. The van der Waals surface area contributed by atoms with Gasteiger partial charge in [-0.05, 0) is 62.0 Å². The van der Waals surface area contributed by atoms with Crippen LogP contribution in [0.3, 0.4) is 0 Å². The van der Waals surface area contributed by atoms with E-state index in [1.807, 2.05) is 26.0 Å². The Morgan fingerprint density at radius 2 is 1.93 bits per heavy atom. The molecular weight excluding hydrogens is 405 g/mol. The van der Waals surface area contributed by atoms with Crippen molar-refractivity contribution >= 4 is 35.0 Å². The van der Waals surface area contributed by atoms with Crippen LogP contribution in [0.2, 0.25) is 0 Å². The Kier molecular flexibility index (Phi) is 5.33. The monoisotopic (exact) mass is 423 g/mol. The van der Waals surface area contributed by atoms with E-state index in [0.717, 1.165) is 27.5 Å². The van der Waals surface area contributed by atoms with Crippen LogP contribution in [-0.2, 0) is 11.4 Å². The number of hydrogen-bond acceptors (Lipinski definition) is 5. The summed E-state index contributed by atoms with van der Waals surface area (Å²) in [5, 5.41) is 6.89. The Bertz CT molecular complexity index is 1140. The molecule has 1 aromatic heterocycles. The summed E-state index contributed by atoms with van der Waals surface area (Å²) in [6.45, 7) is 4.06. The summed E-state index contributed by atoms with van der Waals surface area (Å²) in [6, 6.07) is 13.2. The Morgan fingerprint density at radius 3 is 2.60 bits per heavy atom. The van der Waals surface area contributed by atoms with E-state index in [9.17, 15) is 9.18 Å². The van der Waals surface area contributed by atoms with Gasteiger partial charge >= 0.3 is 0 Å². The van der Waals surface area contributed by atoms with Crippen LogP contribution in [-0.4, -0.2) is 16.2 Å². The molecular formula is C22H18FN3O3S. The van der Waals surface area contributed by atoms with Gasteiger partial charge in [0, 0.05) is 0 Å². The summed E-state index contributed by atoms with van der Waals surface area (Å²) in [7, 11) is 0. The molecule has 8 heteroatoms. The molecule has 1 N–H and O–H groups in total. The molecule has 1 amide bonds. The van der Waals surface area contributed by atoms with Crippen LogP contribution in [0, 0.1) is 19.7 Å². The van der Waals surface area contributed by atoms with Crippen LogP contribution in [0.15, 0.2) is 58.8 Å². The third-order valence-electron chi connectivity index (χ3n) is 4.73. The van der Waals surface area contributed by atoms with Gasteiger partial charge in [0.05, 0.1) is 16.9 Å². The molecule has 0 spiro atoms. The number of anilines is 1. The predicted octanol–water partition coefficient (Wildman–Crippen LogP) is 4.27. The van der Waals surface area contributed by atoms with E-state index in [1.54, 1.807) is 30.3 Å². The molecule has 0 radical (unpaired) electrons. The summed E-state index contributed by atoms with van der Waals surface area (Å²) < 4.78 is 25.0. The molecule has 1 aliphatic rings. The van der Waals surface area contributed by atoms with Gasteiger partial charge in [-0.1, -0.05) is 29.4 Å². The fourth-order valence-corrected chi connectivity index (χ4v) is 3.37. The molecule has 30 heavy (non-hydrogen) atoms. The van der Waals surface area contributed by atoms with Crippen molar-refractivity contribution < 1.29 is 18.4 Å². The van der Waals surface area contributed by atoms with E-state index >= 15 is 0 Å². The van der Waals surface area contributed by atoms with Crippen molar-refractivity contribution in [2.24, 2.45) is 0 Å². The number of ether oxygens (including phenoxy) is 1. The van der Waals surface area contributed by atoms with Crippen LogP contribution < -0.4 is 15.0 Å². The van der Waals surface area contributed by atoms with Gasteiger partial charge in [0.1, 0.15) is 29.6 Å². The predicted molar refractivity (Wildman–Crippen MR) is 114 cm³/mol. The van der Waals surface area contributed by atoms with Gasteiger partial charge in [-0.15, -0.1) is 0 Å². The molecule has 0 unspecified atom stereocenters. The van der Waals surface area contributed by atoms with Crippen LogP contribution in [0.25, 0.3) is 6.08 Å². The van der Waals surface area contributed by atoms with Crippen molar-refractivity contribution in [3.8, 4) is 5.75 Å². The number of carbonyl (C=O) groups excluding carboxylic acids is 1. The van der Waals surface area contributed by atoms with Gasteiger partial charge in [0.25, 0.3) is 5.91 Å². The molecule has 6 nitrogen and oxygen atoms in total. The molecule has 3 aromatic rings. The van der Waals surface area contributed by atoms with Crippen molar-refractivity contribution in [3.05, 3.63) is 82.6 Å². The van der Waals surface area contributed by atoms with E-state index in [1.165, 1.54) is 12.1 Å². The zero-order valence-electron chi connectivity index (χ0n) is 16.3. The van der Waals surface area contributed by atoms with Gasteiger partial charge in [0.2, 0.25) is 0 Å². The van der Waals surface area contributed by atoms with Crippen LogP contribution >= 0.6 is 12.2 Å². The van der Waals surface area contributed by atoms with Crippen molar-refractivity contribution in [2.75, 3.05) is 4.90 Å². The lowest BCUT2D eigenvalue weighted by Gasteiger charge is -2.14. The molecule has 0 saturated carbocycles. The lowest BCUT2D eigenvalue weighted by molar-refractivity contribution is -0.113. The number of hydrogen-bond donors (Lipinski definition) is 1. The first-order chi connectivity index (χ1) is 14.4. The summed E-state index contributed by atoms with van der Waals surface area (Å²) in [5.41, 5.74) is 2.88. The molecule has 1 fully saturated rings. The van der Waals surface area contributed by atoms with Crippen molar-refractivity contribution in [3.63, 3.8) is 0 Å². The fourth-order valence-electron chi connectivity index (χ4n) is 3.08. The van der Waals surface area contributed by atoms with Gasteiger partial charge in [-0.25, -0.2) is 9.29 Å². The number of amides is 1. The van der Waals surface area contributed by atoms with Gasteiger partial charge in [-0.2, -0.15) is 0 Å². The molecule has 2 heterocycles. The first-order valence-corrected chi connectivity index (χ1v) is 9.61. The molecule has 4 rings (SSSR count). The van der Waals surface area contributed by atoms with Crippen molar-refractivity contribution in [1.82, 2.24) is 10.5 Å². The van der Waals surface area contributed by atoms with Gasteiger partial charge in [0.15, 0.2) is 5.11 Å². The summed E-state index contributed by atoms with van der Waals surface area (Å²) in [5.74, 6) is 0.473. The summed E-state index contributed by atoms with van der Waals surface area (Å²) in [6.07, 6.45) is 1.66. The van der Waals surface area contributed by atoms with E-state index < -0.39 is 11.7 Å². The maximum absolute atomic E-state index is 14.1. The number of aromatic nitrogens is 1. The normalized spacial score (nSPS) is 15.0. The average molecular weight is 423 g/mol.